The summed E-state index contributed by atoms with van der Waals surface area (Å²) >= 11 is 1.40. The Balaban J connectivity index is 1.46. The molecule has 44 heavy (non-hydrogen) atoms. The van der Waals surface area contributed by atoms with E-state index in [-0.39, 0.29) is 30.8 Å². The van der Waals surface area contributed by atoms with Gasteiger partial charge in [-0.25, -0.2) is 9.79 Å². The van der Waals surface area contributed by atoms with Gasteiger partial charge in [0.2, 0.25) is 5.91 Å². The molecule has 0 aromatic heterocycles. The smallest absolute Gasteiger partial charge is 0.338 e. The van der Waals surface area contributed by atoms with E-state index in [1.165, 1.54) is 11.8 Å². The van der Waals surface area contributed by atoms with Crippen LogP contribution in [0.3, 0.4) is 0 Å². The number of carbonyl (C=O) groups excluding carboxylic acids is 3. The van der Waals surface area contributed by atoms with E-state index in [1.807, 2.05) is 46.7 Å². The number of methoxy groups -OCH3 is 2. The van der Waals surface area contributed by atoms with E-state index >= 15 is 0 Å². The highest BCUT2D eigenvalue weighted by atomic mass is 32.2. The Morgan fingerprint density at radius 1 is 1.05 bits per heavy atom. The molecule has 2 atom stereocenters. The number of rotatable bonds is 10. The van der Waals surface area contributed by atoms with Crippen LogP contribution in [0.2, 0.25) is 0 Å². The van der Waals surface area contributed by atoms with Gasteiger partial charge in [0, 0.05) is 24.4 Å². The van der Waals surface area contributed by atoms with Gasteiger partial charge in [-0.1, -0.05) is 42.1 Å². The first-order valence-corrected chi connectivity index (χ1v) is 15.5. The standard InChI is InChI=1S/C33H37N3O7S/c1-5-42-31(38)23-12-9-15-35(18-23)28(37)16-24-20-44-33-34-21(2)29(32(39)43-19-22-10-7-6-8-11-22)30(36(24)33)26-17-25(40-3)13-14-27(26)41-4/h6-8,10-11,13-14,17,20,23,30H,5,9,12,15-16,18-19H2,1-4H3/t23-,30-/m0/s1. The second-order valence-corrected chi connectivity index (χ2v) is 11.5. The molecule has 2 aromatic carbocycles. The highest BCUT2D eigenvalue weighted by molar-refractivity contribution is 8.16. The summed E-state index contributed by atoms with van der Waals surface area (Å²) in [5.41, 5.74) is 3.09. The molecule has 3 heterocycles. The van der Waals surface area contributed by atoms with E-state index in [0.717, 1.165) is 12.0 Å². The maximum Gasteiger partial charge on any atom is 0.338 e. The van der Waals surface area contributed by atoms with Crippen molar-refractivity contribution in [1.29, 1.82) is 0 Å². The first kappa shape index (κ1) is 31.2. The molecule has 1 amide bonds. The van der Waals surface area contributed by atoms with E-state index in [9.17, 15) is 14.4 Å². The Kier molecular flexibility index (Phi) is 9.94. The number of amides is 1. The third-order valence-corrected chi connectivity index (χ3v) is 8.78. The highest BCUT2D eigenvalue weighted by Gasteiger charge is 2.43. The lowest BCUT2D eigenvalue weighted by atomic mass is 9.92. The summed E-state index contributed by atoms with van der Waals surface area (Å²) in [4.78, 5) is 48.3. The van der Waals surface area contributed by atoms with Gasteiger partial charge < -0.3 is 28.7 Å². The van der Waals surface area contributed by atoms with Crippen molar-refractivity contribution in [3.63, 3.8) is 0 Å². The molecule has 0 unspecified atom stereocenters. The maximum atomic E-state index is 13.8. The number of nitrogens with zero attached hydrogens (tertiary/aromatic N) is 3. The maximum absolute atomic E-state index is 13.8. The predicted molar refractivity (Wildman–Crippen MR) is 167 cm³/mol. The quantitative estimate of drug-likeness (QED) is 0.331. The van der Waals surface area contributed by atoms with Crippen LogP contribution >= 0.6 is 11.8 Å². The number of carbonyl (C=O) groups is 3. The molecular weight excluding hydrogens is 582 g/mol. The lowest BCUT2D eigenvalue weighted by Gasteiger charge is -2.37. The van der Waals surface area contributed by atoms with E-state index < -0.39 is 12.0 Å². The molecule has 0 radical (unpaired) electrons. The van der Waals surface area contributed by atoms with Crippen LogP contribution in [0, 0.1) is 5.92 Å². The molecule has 1 saturated heterocycles. The topological polar surface area (TPSA) is 107 Å². The number of allylic oxidation sites excluding steroid dienone is 1. The Labute approximate surface area is 261 Å². The molecule has 5 rings (SSSR count). The van der Waals surface area contributed by atoms with Crippen LogP contribution in [0.5, 0.6) is 11.5 Å². The predicted octanol–water partition coefficient (Wildman–Crippen LogP) is 5.21. The van der Waals surface area contributed by atoms with Crippen molar-refractivity contribution < 1.29 is 33.3 Å². The molecule has 1 fully saturated rings. The average Bonchev–Trinajstić information content (AvgIpc) is 3.44. The molecule has 0 saturated carbocycles. The zero-order chi connectivity index (χ0) is 31.2. The minimum absolute atomic E-state index is 0.0652. The summed E-state index contributed by atoms with van der Waals surface area (Å²) < 4.78 is 22.4. The monoisotopic (exact) mass is 619 g/mol. The fourth-order valence-corrected chi connectivity index (χ4v) is 6.67. The Bertz CT molecular complexity index is 1500. The van der Waals surface area contributed by atoms with Crippen molar-refractivity contribution in [3.8, 4) is 11.5 Å². The van der Waals surface area contributed by atoms with E-state index in [1.54, 1.807) is 45.1 Å². The van der Waals surface area contributed by atoms with Crippen LogP contribution in [0.25, 0.3) is 0 Å². The number of fused-ring (bicyclic) bond motifs is 1. The molecule has 2 aromatic rings. The fourth-order valence-electron chi connectivity index (χ4n) is 5.70. The molecule has 0 bridgehead atoms. The normalized spacial score (nSPS) is 19.5. The van der Waals surface area contributed by atoms with Crippen LogP contribution in [-0.4, -0.2) is 66.7 Å². The van der Waals surface area contributed by atoms with Gasteiger partial charge in [0.05, 0.1) is 50.5 Å². The first-order valence-electron chi connectivity index (χ1n) is 14.7. The number of ether oxygens (including phenoxy) is 4. The Hall–Kier alpha value is -4.25. The van der Waals surface area contributed by atoms with Gasteiger partial charge in [-0.05, 0) is 55.9 Å². The SMILES string of the molecule is CCOC(=O)[C@H]1CCCN(C(=O)CC2=CSC3=NC(C)=C(C(=O)OCc4ccccc4)[C@H](c4cc(OC)ccc4OC)N23)C1. The van der Waals surface area contributed by atoms with Crippen LogP contribution < -0.4 is 9.47 Å². The zero-order valence-electron chi connectivity index (χ0n) is 25.4. The molecule has 0 aliphatic carbocycles. The molecule has 3 aliphatic rings. The van der Waals surface area contributed by atoms with Crippen molar-refractivity contribution >= 4 is 34.8 Å². The summed E-state index contributed by atoms with van der Waals surface area (Å²) in [5.74, 6) is -0.0872. The number of amidine groups is 1. The number of hydrogen-bond donors (Lipinski definition) is 0. The molecule has 11 heteroatoms. The van der Waals surface area contributed by atoms with Crippen molar-refractivity contribution in [2.45, 2.75) is 45.8 Å². The highest BCUT2D eigenvalue weighted by Crippen LogP contribution is 2.48. The largest absolute Gasteiger partial charge is 0.497 e. The van der Waals surface area contributed by atoms with Crippen LogP contribution in [0.1, 0.15) is 50.3 Å². The minimum atomic E-state index is -0.696. The zero-order valence-corrected chi connectivity index (χ0v) is 26.2. The summed E-state index contributed by atoms with van der Waals surface area (Å²) in [6.45, 7) is 4.86. The lowest BCUT2D eigenvalue weighted by molar-refractivity contribution is -0.151. The van der Waals surface area contributed by atoms with Gasteiger partial charge in [0.25, 0.3) is 0 Å². The van der Waals surface area contributed by atoms with Gasteiger partial charge >= 0.3 is 11.9 Å². The van der Waals surface area contributed by atoms with Gasteiger partial charge in [-0.3, -0.25) is 9.59 Å². The number of piperidine rings is 1. The van der Waals surface area contributed by atoms with E-state index in [2.05, 4.69) is 0 Å². The summed E-state index contributed by atoms with van der Waals surface area (Å²) in [6, 6.07) is 14.2. The number of thioether (sulfide) groups is 1. The Morgan fingerprint density at radius 3 is 2.57 bits per heavy atom. The van der Waals surface area contributed by atoms with Gasteiger partial charge in [-0.2, -0.15) is 0 Å². The van der Waals surface area contributed by atoms with Crippen LogP contribution in [-0.2, 0) is 30.5 Å². The number of aliphatic imine (C=N–C) groups is 1. The molecule has 0 N–H and O–H groups in total. The van der Waals surface area contributed by atoms with E-state index in [4.69, 9.17) is 23.9 Å². The van der Waals surface area contributed by atoms with Crippen molar-refractivity contribution in [3.05, 3.63) is 82.0 Å². The van der Waals surface area contributed by atoms with Crippen molar-refractivity contribution in [1.82, 2.24) is 9.80 Å². The molecule has 232 valence electrons. The number of esters is 2. The fraction of sp³-hybridized carbons (Fsp3) is 0.394. The average molecular weight is 620 g/mol. The second kappa shape index (κ2) is 14.0. The number of benzene rings is 2. The first-order chi connectivity index (χ1) is 21.3. The summed E-state index contributed by atoms with van der Waals surface area (Å²) in [6.07, 6.45) is 1.48. The number of hydrogen-bond acceptors (Lipinski definition) is 10. The van der Waals surface area contributed by atoms with E-state index in [0.29, 0.717) is 65.3 Å². The van der Waals surface area contributed by atoms with Gasteiger partial charge in [0.1, 0.15) is 18.1 Å². The van der Waals surface area contributed by atoms with Crippen molar-refractivity contribution in [2.24, 2.45) is 10.9 Å². The second-order valence-electron chi connectivity index (χ2n) is 10.7. The van der Waals surface area contributed by atoms with Crippen LogP contribution in [0.15, 0.2) is 75.9 Å². The van der Waals surface area contributed by atoms with Crippen LogP contribution in [0.4, 0.5) is 0 Å². The summed E-state index contributed by atoms with van der Waals surface area (Å²) in [7, 11) is 3.15. The van der Waals surface area contributed by atoms with Crippen molar-refractivity contribution in [2.75, 3.05) is 33.9 Å². The minimum Gasteiger partial charge on any atom is -0.497 e. The number of likely N-dealkylation sites (tertiary alicyclic amines) is 1. The third-order valence-electron chi connectivity index (χ3n) is 7.89. The third kappa shape index (κ3) is 6.62. The molecule has 3 aliphatic heterocycles. The molecule has 10 nitrogen and oxygen atoms in total. The summed E-state index contributed by atoms with van der Waals surface area (Å²) in [5, 5.41) is 2.54. The lowest BCUT2D eigenvalue weighted by Crippen LogP contribution is -2.44. The molecule has 0 spiro atoms. The molecular formula is C33H37N3O7S. The van der Waals surface area contributed by atoms with Gasteiger partial charge in [-0.15, -0.1) is 0 Å². The Morgan fingerprint density at radius 2 is 1.84 bits per heavy atom. The van der Waals surface area contributed by atoms with Gasteiger partial charge in [0.15, 0.2) is 5.17 Å².